The van der Waals surface area contributed by atoms with Crippen LogP contribution in [0.5, 0.6) is 0 Å². The molecule has 0 aliphatic rings. The first kappa shape index (κ1) is 19.1. The van der Waals surface area contributed by atoms with Crippen molar-refractivity contribution in [1.82, 2.24) is 19.6 Å². The molecule has 0 saturated heterocycles. The van der Waals surface area contributed by atoms with Crippen LogP contribution in [0.2, 0.25) is 0 Å². The Bertz CT molecular complexity index is 1150. The van der Waals surface area contributed by atoms with Gasteiger partial charge in [-0.05, 0) is 48.9 Å². The Kier molecular flexibility index (Phi) is 5.26. The smallest absolute Gasteiger partial charge is 0.260 e. The van der Waals surface area contributed by atoms with E-state index in [1.807, 2.05) is 24.3 Å². The predicted octanol–water partition coefficient (Wildman–Crippen LogP) is 4.58. The maximum atomic E-state index is 13.2. The van der Waals surface area contributed by atoms with Gasteiger partial charge in [0.1, 0.15) is 11.6 Å². The Morgan fingerprint density at radius 3 is 2.52 bits per heavy atom. The lowest BCUT2D eigenvalue weighted by Crippen LogP contribution is -2.17. The summed E-state index contributed by atoms with van der Waals surface area (Å²) in [5.74, 6) is -0.0177. The minimum Gasteiger partial charge on any atom is -0.307 e. The van der Waals surface area contributed by atoms with Gasteiger partial charge in [0.2, 0.25) is 0 Å². The Morgan fingerprint density at radius 2 is 1.79 bits per heavy atom. The molecule has 4 rings (SSSR count). The van der Waals surface area contributed by atoms with E-state index < -0.39 is 0 Å². The fourth-order valence-corrected chi connectivity index (χ4v) is 3.25. The monoisotopic (exact) mass is 453 g/mol. The number of anilines is 1. The molecule has 2 aromatic heterocycles. The topological polar surface area (TPSA) is 64.7 Å². The van der Waals surface area contributed by atoms with Crippen molar-refractivity contribution in [3.63, 3.8) is 0 Å². The molecule has 2 aromatic carbocycles. The van der Waals surface area contributed by atoms with Crippen LogP contribution in [0.3, 0.4) is 0 Å². The number of carbonyl (C=O) groups is 1. The highest BCUT2D eigenvalue weighted by Gasteiger charge is 2.17. The van der Waals surface area contributed by atoms with Gasteiger partial charge < -0.3 is 5.32 Å². The average Bonchev–Trinajstić information content (AvgIpc) is 3.31. The zero-order valence-corrected chi connectivity index (χ0v) is 17.1. The molecule has 8 heteroatoms. The number of carbonyl (C=O) groups excluding carboxylic acids is 1. The number of hydrogen-bond acceptors (Lipinski definition) is 3. The van der Waals surface area contributed by atoms with E-state index in [2.05, 4.69) is 31.4 Å². The van der Waals surface area contributed by atoms with Crippen molar-refractivity contribution >= 4 is 27.7 Å². The van der Waals surface area contributed by atoms with Gasteiger partial charge in [0.15, 0.2) is 0 Å². The second-order valence-electron chi connectivity index (χ2n) is 6.49. The minimum absolute atomic E-state index is 0.284. The summed E-state index contributed by atoms with van der Waals surface area (Å²) in [5, 5.41) is 11.5. The minimum atomic E-state index is -0.324. The maximum absolute atomic E-state index is 13.2. The van der Waals surface area contributed by atoms with Crippen molar-refractivity contribution in [1.29, 1.82) is 0 Å². The molecule has 2 heterocycles. The van der Waals surface area contributed by atoms with Crippen molar-refractivity contribution < 1.29 is 9.18 Å². The SMILES string of the molecule is Cc1c(C(=O)Nc2ccnn2Cc2ccc(Br)cc2)cnn1-c1ccc(F)cc1. The lowest BCUT2D eigenvalue weighted by Gasteiger charge is -2.10. The van der Waals surface area contributed by atoms with Crippen molar-refractivity contribution in [2.45, 2.75) is 13.5 Å². The highest BCUT2D eigenvalue weighted by atomic mass is 79.9. The molecule has 29 heavy (non-hydrogen) atoms. The van der Waals surface area contributed by atoms with Gasteiger partial charge in [-0.2, -0.15) is 10.2 Å². The fourth-order valence-electron chi connectivity index (χ4n) is 2.99. The quantitative estimate of drug-likeness (QED) is 0.480. The molecule has 146 valence electrons. The van der Waals surface area contributed by atoms with E-state index in [0.717, 1.165) is 10.0 Å². The number of benzene rings is 2. The van der Waals surface area contributed by atoms with Gasteiger partial charge in [-0.25, -0.2) is 13.8 Å². The molecule has 1 N–H and O–H groups in total. The van der Waals surface area contributed by atoms with Gasteiger partial charge in [-0.1, -0.05) is 28.1 Å². The summed E-state index contributed by atoms with van der Waals surface area (Å²) in [7, 11) is 0. The van der Waals surface area contributed by atoms with Crippen LogP contribution in [0, 0.1) is 12.7 Å². The second-order valence-corrected chi connectivity index (χ2v) is 7.40. The summed E-state index contributed by atoms with van der Waals surface area (Å²) in [6.45, 7) is 2.33. The van der Waals surface area contributed by atoms with Crippen LogP contribution in [0.15, 0.2) is 71.5 Å². The summed E-state index contributed by atoms with van der Waals surface area (Å²) < 4.78 is 17.5. The number of amides is 1. The van der Waals surface area contributed by atoms with E-state index in [1.54, 1.807) is 40.7 Å². The van der Waals surface area contributed by atoms with Crippen molar-refractivity contribution in [3.8, 4) is 5.69 Å². The predicted molar refractivity (Wildman–Crippen MR) is 112 cm³/mol. The molecule has 0 saturated carbocycles. The molecule has 4 aromatic rings. The second kappa shape index (κ2) is 8.00. The molecule has 0 unspecified atom stereocenters. The number of nitrogens with one attached hydrogen (secondary N) is 1. The van der Waals surface area contributed by atoms with Crippen LogP contribution < -0.4 is 5.32 Å². The Hall–Kier alpha value is -3.26. The van der Waals surface area contributed by atoms with Gasteiger partial charge in [-0.3, -0.25) is 4.79 Å². The fraction of sp³-hybridized carbons (Fsp3) is 0.0952. The Balaban J connectivity index is 1.53. The summed E-state index contributed by atoms with van der Waals surface area (Å²) in [6.07, 6.45) is 3.15. The molecule has 0 aliphatic heterocycles. The van der Waals surface area contributed by atoms with E-state index in [9.17, 15) is 9.18 Å². The Morgan fingerprint density at radius 1 is 1.07 bits per heavy atom. The lowest BCUT2D eigenvalue weighted by atomic mass is 10.2. The number of nitrogens with zero attached hydrogens (tertiary/aromatic N) is 4. The summed E-state index contributed by atoms with van der Waals surface area (Å²) in [5.41, 5.74) is 2.84. The molecule has 0 radical (unpaired) electrons. The Labute approximate surface area is 175 Å². The van der Waals surface area contributed by atoms with Crippen molar-refractivity contribution in [2.24, 2.45) is 0 Å². The van der Waals surface area contributed by atoms with Crippen LogP contribution in [-0.4, -0.2) is 25.5 Å². The summed E-state index contributed by atoms with van der Waals surface area (Å²) in [4.78, 5) is 12.8. The van der Waals surface area contributed by atoms with Gasteiger partial charge in [0.25, 0.3) is 5.91 Å². The molecule has 6 nitrogen and oxygen atoms in total. The highest BCUT2D eigenvalue weighted by Crippen LogP contribution is 2.18. The standard InChI is InChI=1S/C21H17BrFN5O/c1-14-19(12-25-28(14)18-8-6-17(23)7-9-18)21(29)26-20-10-11-24-27(20)13-15-2-4-16(22)5-3-15/h2-12H,13H2,1H3,(H,26,29). The van der Waals surface area contributed by atoms with E-state index >= 15 is 0 Å². The van der Waals surface area contributed by atoms with Crippen LogP contribution in [-0.2, 0) is 6.54 Å². The largest absolute Gasteiger partial charge is 0.307 e. The van der Waals surface area contributed by atoms with Crippen molar-refractivity contribution in [3.05, 3.63) is 94.1 Å². The van der Waals surface area contributed by atoms with Gasteiger partial charge >= 0.3 is 0 Å². The van der Waals surface area contributed by atoms with E-state index in [-0.39, 0.29) is 11.7 Å². The number of rotatable bonds is 5. The van der Waals surface area contributed by atoms with Gasteiger partial charge in [0.05, 0.1) is 35.9 Å². The third kappa shape index (κ3) is 4.12. The summed E-state index contributed by atoms with van der Waals surface area (Å²) >= 11 is 3.42. The molecular formula is C21H17BrFN5O. The first-order valence-corrected chi connectivity index (χ1v) is 9.69. The third-order valence-electron chi connectivity index (χ3n) is 4.53. The molecule has 0 spiro atoms. The summed E-state index contributed by atoms with van der Waals surface area (Å²) in [6, 6.07) is 15.6. The normalized spacial score (nSPS) is 10.9. The van der Waals surface area contributed by atoms with Crippen LogP contribution in [0.4, 0.5) is 10.2 Å². The maximum Gasteiger partial charge on any atom is 0.260 e. The molecule has 0 atom stereocenters. The molecule has 0 bridgehead atoms. The number of aromatic nitrogens is 4. The number of hydrogen-bond donors (Lipinski definition) is 1. The van der Waals surface area contributed by atoms with Gasteiger partial charge in [0, 0.05) is 10.5 Å². The lowest BCUT2D eigenvalue weighted by molar-refractivity contribution is 0.102. The number of halogens is 2. The molecular weight excluding hydrogens is 437 g/mol. The van der Waals surface area contributed by atoms with Crippen LogP contribution in [0.25, 0.3) is 5.69 Å². The van der Waals surface area contributed by atoms with E-state index in [4.69, 9.17) is 0 Å². The zero-order chi connectivity index (χ0) is 20.4. The van der Waals surface area contributed by atoms with Crippen molar-refractivity contribution in [2.75, 3.05) is 5.32 Å². The molecule has 0 fully saturated rings. The first-order chi connectivity index (χ1) is 14.0. The van der Waals surface area contributed by atoms with E-state index in [1.165, 1.54) is 18.3 Å². The van der Waals surface area contributed by atoms with E-state index in [0.29, 0.717) is 29.3 Å². The molecule has 0 aliphatic carbocycles. The van der Waals surface area contributed by atoms with Gasteiger partial charge in [-0.15, -0.1) is 0 Å². The zero-order valence-electron chi connectivity index (χ0n) is 15.5. The molecule has 1 amide bonds. The third-order valence-corrected chi connectivity index (χ3v) is 5.06. The van der Waals surface area contributed by atoms with Crippen LogP contribution in [0.1, 0.15) is 21.6 Å². The highest BCUT2D eigenvalue weighted by molar-refractivity contribution is 9.10. The average molecular weight is 454 g/mol. The van der Waals surface area contributed by atoms with Crippen LogP contribution >= 0.6 is 15.9 Å². The first-order valence-electron chi connectivity index (χ1n) is 8.89.